The molecule has 0 aliphatic heterocycles. The Morgan fingerprint density at radius 3 is 2.45 bits per heavy atom. The zero-order valence-electron chi connectivity index (χ0n) is 14.1. The van der Waals surface area contributed by atoms with Crippen LogP contribution in [0.4, 0.5) is 4.79 Å². The van der Waals surface area contributed by atoms with Crippen LogP contribution in [0.15, 0.2) is 24.5 Å². The highest BCUT2D eigenvalue weighted by Crippen LogP contribution is 2.29. The molecule has 1 aromatic heterocycles. The number of nitrogens with one attached hydrogen (secondary N) is 1. The van der Waals surface area contributed by atoms with Crippen LogP contribution in [0.1, 0.15) is 39.4 Å². The maximum absolute atomic E-state index is 11.6. The van der Waals surface area contributed by atoms with E-state index in [1.54, 1.807) is 19.3 Å². The molecule has 0 aliphatic rings. The Hall–Kier alpha value is -1.40. The van der Waals surface area contributed by atoms with E-state index in [4.69, 9.17) is 9.16 Å². The van der Waals surface area contributed by atoms with Crippen molar-refractivity contribution >= 4 is 14.4 Å². The SMILES string of the molecule is CCOC(=O)NC[C@H](O[Si](CC)(CC)CC)c1cccnc1. The lowest BCUT2D eigenvalue weighted by Crippen LogP contribution is -2.40. The molecule has 1 atom stereocenters. The summed E-state index contributed by atoms with van der Waals surface area (Å²) < 4.78 is 11.5. The molecule has 1 rings (SSSR count). The van der Waals surface area contributed by atoms with E-state index in [0.29, 0.717) is 13.2 Å². The van der Waals surface area contributed by atoms with Crippen molar-refractivity contribution in [3.05, 3.63) is 30.1 Å². The molecular formula is C16H28N2O3Si. The first-order valence-electron chi connectivity index (χ1n) is 8.09. The highest BCUT2D eigenvalue weighted by molar-refractivity contribution is 6.73. The molecule has 0 spiro atoms. The summed E-state index contributed by atoms with van der Waals surface area (Å²) in [6, 6.07) is 7.08. The number of carbonyl (C=O) groups excluding carboxylic acids is 1. The summed E-state index contributed by atoms with van der Waals surface area (Å²) in [6.07, 6.45) is 2.96. The van der Waals surface area contributed by atoms with Gasteiger partial charge in [-0.05, 0) is 36.7 Å². The first kappa shape index (κ1) is 18.6. The molecule has 0 bridgehead atoms. The zero-order chi connectivity index (χ0) is 16.4. The number of ether oxygens (including phenoxy) is 1. The summed E-state index contributed by atoms with van der Waals surface area (Å²) in [5.41, 5.74) is 0.992. The maximum Gasteiger partial charge on any atom is 0.407 e. The minimum atomic E-state index is -1.77. The van der Waals surface area contributed by atoms with E-state index in [1.807, 2.05) is 12.1 Å². The zero-order valence-corrected chi connectivity index (χ0v) is 15.1. The molecule has 22 heavy (non-hydrogen) atoms. The van der Waals surface area contributed by atoms with E-state index in [0.717, 1.165) is 23.7 Å². The fourth-order valence-electron chi connectivity index (χ4n) is 2.45. The van der Waals surface area contributed by atoms with Gasteiger partial charge < -0.3 is 14.5 Å². The minimum absolute atomic E-state index is 0.176. The van der Waals surface area contributed by atoms with E-state index in [-0.39, 0.29) is 6.10 Å². The second-order valence-electron chi connectivity index (χ2n) is 5.24. The van der Waals surface area contributed by atoms with E-state index in [9.17, 15) is 4.79 Å². The number of pyridine rings is 1. The van der Waals surface area contributed by atoms with Gasteiger partial charge in [0.2, 0.25) is 0 Å². The van der Waals surface area contributed by atoms with Crippen LogP contribution in [-0.2, 0) is 9.16 Å². The molecule has 0 saturated heterocycles. The van der Waals surface area contributed by atoms with Gasteiger partial charge in [-0.2, -0.15) is 0 Å². The number of amides is 1. The topological polar surface area (TPSA) is 60.5 Å². The van der Waals surface area contributed by atoms with Crippen LogP contribution in [0.2, 0.25) is 18.1 Å². The first-order chi connectivity index (χ1) is 10.6. The fourth-order valence-corrected chi connectivity index (χ4v) is 5.28. The first-order valence-corrected chi connectivity index (χ1v) is 10.6. The molecule has 0 aromatic carbocycles. The van der Waals surface area contributed by atoms with Gasteiger partial charge in [-0.1, -0.05) is 26.8 Å². The highest BCUT2D eigenvalue weighted by atomic mass is 28.4. The fraction of sp³-hybridized carbons (Fsp3) is 0.625. The summed E-state index contributed by atoms with van der Waals surface area (Å²) in [6.45, 7) is 9.13. The van der Waals surface area contributed by atoms with Gasteiger partial charge in [-0.15, -0.1) is 0 Å². The van der Waals surface area contributed by atoms with Crippen molar-refractivity contribution in [2.45, 2.75) is 51.9 Å². The molecule has 0 fully saturated rings. The van der Waals surface area contributed by atoms with Crippen LogP contribution in [0.5, 0.6) is 0 Å². The molecule has 1 amide bonds. The van der Waals surface area contributed by atoms with Gasteiger partial charge in [0.15, 0.2) is 8.32 Å². The number of carbonyl (C=O) groups is 1. The van der Waals surface area contributed by atoms with E-state index in [1.165, 1.54) is 0 Å². The second kappa shape index (κ2) is 9.58. The number of hydrogen-bond acceptors (Lipinski definition) is 4. The lowest BCUT2D eigenvalue weighted by molar-refractivity contribution is 0.138. The van der Waals surface area contributed by atoms with Crippen molar-refractivity contribution in [3.8, 4) is 0 Å². The van der Waals surface area contributed by atoms with Gasteiger partial charge in [0.25, 0.3) is 0 Å². The van der Waals surface area contributed by atoms with Crippen molar-refractivity contribution in [1.82, 2.24) is 10.3 Å². The average molecular weight is 324 g/mol. The van der Waals surface area contributed by atoms with Crippen molar-refractivity contribution in [3.63, 3.8) is 0 Å². The molecule has 124 valence electrons. The molecule has 6 heteroatoms. The third kappa shape index (κ3) is 5.42. The van der Waals surface area contributed by atoms with Crippen molar-refractivity contribution in [1.29, 1.82) is 0 Å². The molecule has 5 nitrogen and oxygen atoms in total. The predicted octanol–water partition coefficient (Wildman–Crippen LogP) is 3.89. The van der Waals surface area contributed by atoms with Gasteiger partial charge in [0, 0.05) is 12.4 Å². The normalized spacial score (nSPS) is 12.7. The Balaban J connectivity index is 2.85. The Labute approximate surface area is 134 Å². The molecule has 1 N–H and O–H groups in total. The van der Waals surface area contributed by atoms with Crippen LogP contribution in [0.25, 0.3) is 0 Å². The summed E-state index contributed by atoms with van der Waals surface area (Å²) in [4.78, 5) is 15.7. The Bertz CT molecular complexity index is 430. The molecule has 1 heterocycles. The summed E-state index contributed by atoms with van der Waals surface area (Å²) in [5, 5.41) is 2.79. The van der Waals surface area contributed by atoms with Crippen LogP contribution in [0.3, 0.4) is 0 Å². The van der Waals surface area contributed by atoms with Crippen molar-refractivity contribution in [2.24, 2.45) is 0 Å². The monoisotopic (exact) mass is 324 g/mol. The quantitative estimate of drug-likeness (QED) is 0.700. The van der Waals surface area contributed by atoms with Gasteiger partial charge in [0.1, 0.15) is 0 Å². The third-order valence-electron chi connectivity index (χ3n) is 4.09. The number of aromatic nitrogens is 1. The maximum atomic E-state index is 11.6. The number of rotatable bonds is 9. The molecule has 0 unspecified atom stereocenters. The van der Waals surface area contributed by atoms with E-state index >= 15 is 0 Å². The molecule has 1 aromatic rings. The Morgan fingerprint density at radius 1 is 1.27 bits per heavy atom. The number of hydrogen-bond donors (Lipinski definition) is 1. The average Bonchev–Trinajstić information content (AvgIpc) is 2.57. The lowest BCUT2D eigenvalue weighted by atomic mass is 10.2. The van der Waals surface area contributed by atoms with E-state index < -0.39 is 14.4 Å². The number of alkyl carbamates (subject to hydrolysis) is 1. The van der Waals surface area contributed by atoms with Gasteiger partial charge >= 0.3 is 6.09 Å². The predicted molar refractivity (Wildman–Crippen MR) is 90.3 cm³/mol. The van der Waals surface area contributed by atoms with Crippen LogP contribution in [0, 0.1) is 0 Å². The Morgan fingerprint density at radius 2 is 1.95 bits per heavy atom. The second-order valence-corrected chi connectivity index (χ2v) is 9.96. The summed E-state index contributed by atoms with van der Waals surface area (Å²) in [5.74, 6) is 0. The number of nitrogens with zero attached hydrogens (tertiary/aromatic N) is 1. The third-order valence-corrected chi connectivity index (χ3v) is 8.74. The van der Waals surface area contributed by atoms with Crippen LogP contribution in [-0.4, -0.2) is 32.5 Å². The largest absolute Gasteiger partial charge is 0.450 e. The molecular weight excluding hydrogens is 296 g/mol. The van der Waals surface area contributed by atoms with Gasteiger partial charge in [-0.25, -0.2) is 4.79 Å². The molecule has 0 saturated carbocycles. The van der Waals surface area contributed by atoms with Crippen molar-refractivity contribution < 1.29 is 14.0 Å². The standard InChI is InChI=1S/C16H28N2O3Si/c1-5-20-16(19)18-13-15(14-10-9-11-17-12-14)21-22(6-2,7-3)8-4/h9-12,15H,5-8,13H2,1-4H3,(H,18,19)/t15-/m0/s1. The van der Waals surface area contributed by atoms with Crippen molar-refractivity contribution in [2.75, 3.05) is 13.2 Å². The summed E-state index contributed by atoms with van der Waals surface area (Å²) >= 11 is 0. The molecule has 0 aliphatic carbocycles. The minimum Gasteiger partial charge on any atom is -0.450 e. The van der Waals surface area contributed by atoms with Gasteiger partial charge in [0.05, 0.1) is 19.3 Å². The summed E-state index contributed by atoms with van der Waals surface area (Å²) in [7, 11) is -1.77. The van der Waals surface area contributed by atoms with Gasteiger partial charge in [-0.3, -0.25) is 4.98 Å². The smallest absolute Gasteiger partial charge is 0.407 e. The Kier molecular flexibility index (Phi) is 8.12. The van der Waals surface area contributed by atoms with Crippen LogP contribution < -0.4 is 5.32 Å². The van der Waals surface area contributed by atoms with Crippen LogP contribution >= 0.6 is 0 Å². The molecule has 0 radical (unpaired) electrons. The van der Waals surface area contributed by atoms with E-state index in [2.05, 4.69) is 31.1 Å². The highest BCUT2D eigenvalue weighted by Gasteiger charge is 2.32. The lowest BCUT2D eigenvalue weighted by Gasteiger charge is -2.33.